The average Bonchev–Trinajstić information content (AvgIpc) is 3.11. The molecule has 9 heteroatoms. The maximum atomic E-state index is 13.1. The molecule has 3 N–H and O–H groups in total. The number of aliphatic hydroxyl groups is 1. The first-order valence-corrected chi connectivity index (χ1v) is 10.0. The van der Waals surface area contributed by atoms with Crippen molar-refractivity contribution in [1.82, 2.24) is 20.2 Å². The summed E-state index contributed by atoms with van der Waals surface area (Å²) < 4.78 is 25.7. The van der Waals surface area contributed by atoms with Gasteiger partial charge in [0.05, 0.1) is 36.8 Å². The van der Waals surface area contributed by atoms with Crippen LogP contribution in [0.1, 0.15) is 12.7 Å². The molecule has 1 atom stereocenters. The molecule has 0 spiro atoms. The molecule has 31 heavy (non-hydrogen) atoms. The molecule has 0 unspecified atom stereocenters. The van der Waals surface area contributed by atoms with Gasteiger partial charge in [-0.1, -0.05) is 0 Å². The fourth-order valence-corrected chi connectivity index (χ4v) is 3.11. The monoisotopic (exact) mass is 430 g/mol. The molecule has 1 heterocycles. The number of carbonyl (C=O) groups is 1. The van der Waals surface area contributed by atoms with Crippen molar-refractivity contribution in [2.24, 2.45) is 0 Å². The lowest BCUT2D eigenvalue weighted by molar-refractivity contribution is -0.123. The van der Waals surface area contributed by atoms with E-state index in [4.69, 9.17) is 9.47 Å². The zero-order valence-electron chi connectivity index (χ0n) is 17.6. The van der Waals surface area contributed by atoms with Crippen molar-refractivity contribution in [2.75, 3.05) is 26.9 Å². The van der Waals surface area contributed by atoms with E-state index in [9.17, 15) is 14.3 Å². The molecule has 2 aromatic carbocycles. The van der Waals surface area contributed by atoms with Crippen molar-refractivity contribution in [3.05, 3.63) is 54.1 Å². The molecule has 0 aliphatic heterocycles. The number of amides is 1. The number of fused-ring (bicyclic) bond motifs is 1. The number of nitrogens with one attached hydrogen (secondary N) is 2. The van der Waals surface area contributed by atoms with Gasteiger partial charge < -0.3 is 24.5 Å². The maximum Gasteiger partial charge on any atom is 0.236 e. The fourth-order valence-electron chi connectivity index (χ4n) is 3.11. The number of nitrogens with zero attached hydrogens (tertiary/aromatic N) is 2. The van der Waals surface area contributed by atoms with Crippen LogP contribution in [0.25, 0.3) is 11.0 Å². The molecule has 3 aromatic rings. The summed E-state index contributed by atoms with van der Waals surface area (Å²) in [5.74, 6) is 1.33. The zero-order valence-corrected chi connectivity index (χ0v) is 17.6. The van der Waals surface area contributed by atoms with Gasteiger partial charge >= 0.3 is 0 Å². The lowest BCUT2D eigenvalue weighted by Gasteiger charge is -2.14. The fraction of sp³-hybridized carbons (Fsp3) is 0.364. The second kappa shape index (κ2) is 10.9. The predicted molar refractivity (Wildman–Crippen MR) is 114 cm³/mol. The Hall–Kier alpha value is -3.01. The molecule has 8 nitrogen and oxygen atoms in total. The highest BCUT2D eigenvalue weighted by atomic mass is 19.1. The first kappa shape index (κ1) is 22.7. The summed E-state index contributed by atoms with van der Waals surface area (Å²) in [5, 5.41) is 15.5. The zero-order chi connectivity index (χ0) is 22.2. The number of aliphatic hydroxyl groups excluding tert-OH is 1. The Morgan fingerprint density at radius 3 is 2.68 bits per heavy atom. The van der Waals surface area contributed by atoms with Crippen LogP contribution in [-0.4, -0.2) is 53.5 Å². The van der Waals surface area contributed by atoms with Crippen LogP contribution in [0.2, 0.25) is 0 Å². The van der Waals surface area contributed by atoms with E-state index in [1.54, 1.807) is 32.2 Å². The lowest BCUT2D eigenvalue weighted by atomic mass is 10.3. The Labute approximate surface area is 180 Å². The van der Waals surface area contributed by atoms with Crippen molar-refractivity contribution >= 4 is 16.9 Å². The second-order valence-electron chi connectivity index (χ2n) is 7.00. The number of rotatable bonds is 11. The number of aromatic nitrogens is 2. The van der Waals surface area contributed by atoms with Gasteiger partial charge in [-0.15, -0.1) is 0 Å². The minimum atomic E-state index is -0.420. The molecule has 0 saturated carbocycles. The van der Waals surface area contributed by atoms with Gasteiger partial charge in [-0.3, -0.25) is 10.1 Å². The highest BCUT2D eigenvalue weighted by Crippen LogP contribution is 2.26. The van der Waals surface area contributed by atoms with Crippen molar-refractivity contribution in [3.63, 3.8) is 0 Å². The van der Waals surface area contributed by atoms with Crippen molar-refractivity contribution in [3.8, 4) is 11.5 Å². The molecule has 0 aliphatic rings. The minimum Gasteiger partial charge on any atom is -0.457 e. The summed E-state index contributed by atoms with van der Waals surface area (Å²) in [6.07, 6.45) is 0. The topological polar surface area (TPSA) is 97.6 Å². The number of benzene rings is 2. The van der Waals surface area contributed by atoms with Gasteiger partial charge in [-0.25, -0.2) is 9.37 Å². The molecule has 3 rings (SSSR count). The van der Waals surface area contributed by atoms with Gasteiger partial charge in [-0.05, 0) is 43.3 Å². The van der Waals surface area contributed by atoms with Crippen molar-refractivity contribution in [2.45, 2.75) is 26.1 Å². The van der Waals surface area contributed by atoms with Crippen LogP contribution in [-0.2, 0) is 22.6 Å². The van der Waals surface area contributed by atoms with E-state index in [0.29, 0.717) is 43.6 Å². The van der Waals surface area contributed by atoms with Crippen molar-refractivity contribution in [1.29, 1.82) is 0 Å². The van der Waals surface area contributed by atoms with Crippen molar-refractivity contribution < 1.29 is 23.8 Å². The van der Waals surface area contributed by atoms with Gasteiger partial charge in [0, 0.05) is 26.3 Å². The van der Waals surface area contributed by atoms with E-state index in [0.717, 1.165) is 11.0 Å². The molecule has 0 radical (unpaired) electrons. The SMILES string of the molecule is COCCNC(=O)[C@H](C)NCc1nc2ccc(Oc3ccc(F)cc3)cc2n1CCO. The highest BCUT2D eigenvalue weighted by molar-refractivity contribution is 5.81. The maximum absolute atomic E-state index is 13.1. The van der Waals surface area contributed by atoms with E-state index in [1.807, 2.05) is 16.7 Å². The Balaban J connectivity index is 1.74. The molecule has 0 saturated heterocycles. The van der Waals surface area contributed by atoms with Crippen LogP contribution in [0.5, 0.6) is 11.5 Å². The highest BCUT2D eigenvalue weighted by Gasteiger charge is 2.16. The molecule has 1 amide bonds. The molecular formula is C22H27FN4O4. The summed E-state index contributed by atoms with van der Waals surface area (Å²) in [7, 11) is 1.58. The van der Waals surface area contributed by atoms with Gasteiger partial charge in [-0.2, -0.15) is 0 Å². The van der Waals surface area contributed by atoms with E-state index < -0.39 is 6.04 Å². The smallest absolute Gasteiger partial charge is 0.236 e. The number of halogens is 1. The van der Waals surface area contributed by atoms with E-state index in [2.05, 4.69) is 15.6 Å². The molecule has 0 fully saturated rings. The van der Waals surface area contributed by atoms with Crippen LogP contribution in [0.4, 0.5) is 4.39 Å². The Morgan fingerprint density at radius 1 is 1.23 bits per heavy atom. The number of ether oxygens (including phenoxy) is 2. The molecule has 166 valence electrons. The standard InChI is InChI=1S/C22H27FN4O4/c1-15(22(29)24-9-12-30-2)25-14-21-26-19-8-7-18(13-20(19)27(21)10-11-28)31-17-5-3-16(23)4-6-17/h3-8,13,15,25,28H,9-12,14H2,1-2H3,(H,24,29)/t15-/m0/s1. The average molecular weight is 430 g/mol. The van der Waals surface area contributed by atoms with E-state index in [1.165, 1.54) is 12.1 Å². The van der Waals surface area contributed by atoms with E-state index >= 15 is 0 Å². The number of hydrogen-bond donors (Lipinski definition) is 3. The van der Waals surface area contributed by atoms with Crippen LogP contribution in [0.15, 0.2) is 42.5 Å². The van der Waals surface area contributed by atoms with Gasteiger partial charge in [0.2, 0.25) is 5.91 Å². The Morgan fingerprint density at radius 2 is 1.97 bits per heavy atom. The number of hydrogen-bond acceptors (Lipinski definition) is 6. The largest absolute Gasteiger partial charge is 0.457 e. The van der Waals surface area contributed by atoms with Gasteiger partial charge in [0.15, 0.2) is 0 Å². The van der Waals surface area contributed by atoms with E-state index in [-0.39, 0.29) is 18.3 Å². The Kier molecular flexibility index (Phi) is 7.94. The van der Waals surface area contributed by atoms with Gasteiger partial charge in [0.25, 0.3) is 0 Å². The normalized spacial score (nSPS) is 12.1. The lowest BCUT2D eigenvalue weighted by Crippen LogP contribution is -2.43. The van der Waals surface area contributed by atoms with Gasteiger partial charge in [0.1, 0.15) is 23.1 Å². The molecular weight excluding hydrogens is 403 g/mol. The van der Waals surface area contributed by atoms with Crippen LogP contribution in [0, 0.1) is 5.82 Å². The third kappa shape index (κ3) is 6.00. The minimum absolute atomic E-state index is 0.0609. The number of carbonyl (C=O) groups excluding carboxylic acids is 1. The summed E-state index contributed by atoms with van der Waals surface area (Å²) in [6.45, 7) is 3.31. The summed E-state index contributed by atoms with van der Waals surface area (Å²) in [5.41, 5.74) is 1.54. The number of imidazole rings is 1. The molecule has 0 aliphatic carbocycles. The third-order valence-electron chi connectivity index (χ3n) is 4.74. The molecule has 1 aromatic heterocycles. The second-order valence-corrected chi connectivity index (χ2v) is 7.00. The number of methoxy groups -OCH3 is 1. The van der Waals surface area contributed by atoms with Crippen LogP contribution >= 0.6 is 0 Å². The third-order valence-corrected chi connectivity index (χ3v) is 4.74. The predicted octanol–water partition coefficient (Wildman–Crippen LogP) is 2.20. The first-order chi connectivity index (χ1) is 15.0. The van der Waals surface area contributed by atoms with Crippen LogP contribution < -0.4 is 15.4 Å². The molecule has 0 bridgehead atoms. The summed E-state index contributed by atoms with van der Waals surface area (Å²) >= 11 is 0. The van der Waals surface area contributed by atoms with Crippen LogP contribution in [0.3, 0.4) is 0 Å². The first-order valence-electron chi connectivity index (χ1n) is 10.0. The summed E-state index contributed by atoms with van der Waals surface area (Å²) in [4.78, 5) is 16.8. The summed E-state index contributed by atoms with van der Waals surface area (Å²) in [6, 6.07) is 10.8. The Bertz CT molecular complexity index is 1010. The quantitative estimate of drug-likeness (QED) is 0.404.